The zero-order chi connectivity index (χ0) is 22.0. The summed E-state index contributed by atoms with van der Waals surface area (Å²) < 4.78 is 5.68. The van der Waals surface area contributed by atoms with Gasteiger partial charge in [-0.2, -0.15) is 0 Å². The highest BCUT2D eigenvalue weighted by Gasteiger charge is 2.31. The number of Topliss-reactive ketones (excluding diaryl/α,β-unsaturated/α-hetero) is 1. The molecule has 1 heterocycles. The number of hydrogen-bond donors (Lipinski definition) is 1. The fourth-order valence-corrected chi connectivity index (χ4v) is 3.50. The van der Waals surface area contributed by atoms with Crippen LogP contribution in [0.25, 0.3) is 0 Å². The Morgan fingerprint density at radius 1 is 0.935 bits per heavy atom. The number of nitrogens with zero attached hydrogens (tertiary/aromatic N) is 2. The third-order valence-corrected chi connectivity index (χ3v) is 5.09. The number of nitro benzene ring substituents is 2. The van der Waals surface area contributed by atoms with E-state index in [1.165, 1.54) is 30.3 Å². The minimum atomic E-state index is -0.541. The van der Waals surface area contributed by atoms with E-state index in [0.29, 0.717) is 17.9 Å². The van der Waals surface area contributed by atoms with Crippen molar-refractivity contribution in [3.63, 3.8) is 0 Å². The van der Waals surface area contributed by atoms with E-state index >= 15 is 0 Å². The van der Waals surface area contributed by atoms with Crippen molar-refractivity contribution in [3.8, 4) is 5.75 Å². The van der Waals surface area contributed by atoms with E-state index in [4.69, 9.17) is 4.74 Å². The van der Waals surface area contributed by atoms with Gasteiger partial charge in [0.1, 0.15) is 5.75 Å². The summed E-state index contributed by atoms with van der Waals surface area (Å²) in [6, 6.07) is 17.5. The molecule has 1 unspecified atom stereocenters. The van der Waals surface area contributed by atoms with Gasteiger partial charge in [0.15, 0.2) is 5.78 Å². The number of fused-ring (bicyclic) bond motifs is 1. The molecule has 0 saturated carbocycles. The lowest BCUT2D eigenvalue weighted by molar-refractivity contribution is -0.385. The van der Waals surface area contributed by atoms with Gasteiger partial charge >= 0.3 is 0 Å². The smallest absolute Gasteiger partial charge is 0.270 e. The van der Waals surface area contributed by atoms with E-state index in [1.807, 2.05) is 24.3 Å². The minimum absolute atomic E-state index is 0.00320. The second kappa shape index (κ2) is 8.23. The number of benzene rings is 3. The van der Waals surface area contributed by atoms with Gasteiger partial charge in [0.25, 0.3) is 11.4 Å². The van der Waals surface area contributed by atoms with Gasteiger partial charge in [0.2, 0.25) is 0 Å². The molecule has 9 nitrogen and oxygen atoms in total. The molecule has 31 heavy (non-hydrogen) atoms. The lowest BCUT2D eigenvalue weighted by atomic mass is 9.89. The number of anilines is 2. The van der Waals surface area contributed by atoms with E-state index in [1.54, 1.807) is 12.1 Å². The van der Waals surface area contributed by atoms with Crippen LogP contribution in [0.4, 0.5) is 22.7 Å². The molecule has 4 rings (SSSR count). The number of ketones is 1. The monoisotopic (exact) mass is 419 g/mol. The molecule has 1 aliphatic rings. The molecule has 1 aliphatic heterocycles. The molecule has 3 aromatic rings. The van der Waals surface area contributed by atoms with Crippen molar-refractivity contribution in [3.05, 3.63) is 98.1 Å². The number of rotatable bonds is 6. The van der Waals surface area contributed by atoms with Crippen molar-refractivity contribution in [1.82, 2.24) is 0 Å². The normalized spacial score (nSPS) is 15.0. The van der Waals surface area contributed by atoms with Crippen LogP contribution in [0.2, 0.25) is 0 Å². The molecule has 0 aliphatic carbocycles. The summed E-state index contributed by atoms with van der Waals surface area (Å²) in [4.78, 5) is 33.9. The number of carbonyl (C=O) groups excluding carboxylic acids is 1. The molecule has 1 atom stereocenters. The highest BCUT2D eigenvalue weighted by Crippen LogP contribution is 2.33. The molecule has 0 aromatic heterocycles. The second-order valence-corrected chi connectivity index (χ2v) is 7.10. The maximum atomic E-state index is 13.0. The van der Waals surface area contributed by atoms with Crippen LogP contribution >= 0.6 is 0 Å². The summed E-state index contributed by atoms with van der Waals surface area (Å²) in [6.07, 6.45) is 0.372. The maximum Gasteiger partial charge on any atom is 0.270 e. The van der Waals surface area contributed by atoms with Gasteiger partial charge in [-0.05, 0) is 36.2 Å². The molecule has 9 heteroatoms. The zero-order valence-corrected chi connectivity index (χ0v) is 16.2. The Hall–Kier alpha value is -4.27. The number of nitrogens with one attached hydrogen (secondary N) is 1. The lowest BCUT2D eigenvalue weighted by Gasteiger charge is -2.25. The Morgan fingerprint density at radius 3 is 2.32 bits per heavy atom. The summed E-state index contributed by atoms with van der Waals surface area (Å²) in [5.41, 5.74) is 2.34. The average molecular weight is 419 g/mol. The van der Waals surface area contributed by atoms with Gasteiger partial charge in [-0.15, -0.1) is 0 Å². The highest BCUT2D eigenvalue weighted by atomic mass is 16.6. The van der Waals surface area contributed by atoms with Crippen LogP contribution < -0.4 is 10.1 Å². The predicted octanol–water partition coefficient (Wildman–Crippen LogP) is 4.68. The topological polar surface area (TPSA) is 125 Å². The van der Waals surface area contributed by atoms with E-state index in [2.05, 4.69) is 5.32 Å². The van der Waals surface area contributed by atoms with Crippen molar-refractivity contribution in [1.29, 1.82) is 0 Å². The number of nitro groups is 2. The SMILES string of the molecule is O=C1c2cc([N+](=O)[O-])ccc2OCC1Cc1ccccc1Nc1ccc([N+](=O)[O-])cc1. The molecule has 0 radical (unpaired) electrons. The van der Waals surface area contributed by atoms with Gasteiger partial charge in [-0.1, -0.05) is 18.2 Å². The summed E-state index contributed by atoms with van der Waals surface area (Å²) in [5.74, 6) is -0.339. The van der Waals surface area contributed by atoms with Crippen LogP contribution in [0.15, 0.2) is 66.7 Å². The van der Waals surface area contributed by atoms with E-state index in [9.17, 15) is 25.0 Å². The van der Waals surface area contributed by atoms with Crippen LogP contribution in [0, 0.1) is 26.1 Å². The first-order valence-electron chi connectivity index (χ1n) is 9.47. The van der Waals surface area contributed by atoms with Crippen molar-refractivity contribution in [2.45, 2.75) is 6.42 Å². The van der Waals surface area contributed by atoms with E-state index in [-0.39, 0.29) is 29.3 Å². The number of hydrogen-bond acceptors (Lipinski definition) is 7. The fraction of sp³-hybridized carbons (Fsp3) is 0.136. The third-order valence-electron chi connectivity index (χ3n) is 5.09. The fourth-order valence-electron chi connectivity index (χ4n) is 3.50. The van der Waals surface area contributed by atoms with E-state index < -0.39 is 15.8 Å². The van der Waals surface area contributed by atoms with Crippen molar-refractivity contribution in [2.24, 2.45) is 5.92 Å². The Morgan fingerprint density at radius 2 is 1.61 bits per heavy atom. The molecule has 3 aromatic carbocycles. The van der Waals surface area contributed by atoms with Crippen molar-refractivity contribution in [2.75, 3.05) is 11.9 Å². The molecule has 0 saturated heterocycles. The molecule has 1 N–H and O–H groups in total. The van der Waals surface area contributed by atoms with Crippen molar-refractivity contribution < 1.29 is 19.4 Å². The minimum Gasteiger partial charge on any atom is -0.492 e. The highest BCUT2D eigenvalue weighted by molar-refractivity contribution is 6.02. The maximum absolute atomic E-state index is 13.0. The number of ether oxygens (including phenoxy) is 1. The lowest BCUT2D eigenvalue weighted by Crippen LogP contribution is -2.29. The molecule has 0 bridgehead atoms. The summed E-state index contributed by atoms with van der Waals surface area (Å²) in [5, 5.41) is 25.1. The van der Waals surface area contributed by atoms with Crippen LogP contribution in [0.1, 0.15) is 15.9 Å². The average Bonchev–Trinajstić information content (AvgIpc) is 2.77. The van der Waals surface area contributed by atoms with Gasteiger partial charge in [-0.3, -0.25) is 25.0 Å². The molecule has 156 valence electrons. The summed E-state index contributed by atoms with van der Waals surface area (Å²) in [7, 11) is 0. The Bertz CT molecular complexity index is 1180. The first kappa shape index (κ1) is 20.0. The standard InChI is InChI=1S/C22H17N3O6/c26-22-15(13-31-21-10-9-18(25(29)30)12-19(21)22)11-14-3-1-2-4-20(14)23-16-5-7-17(8-6-16)24(27)28/h1-10,12,15,23H,11,13H2. The summed E-state index contributed by atoms with van der Waals surface area (Å²) >= 11 is 0. The van der Waals surface area contributed by atoms with Gasteiger partial charge in [-0.25, -0.2) is 0 Å². The van der Waals surface area contributed by atoms with Crippen LogP contribution in [0.3, 0.4) is 0 Å². The van der Waals surface area contributed by atoms with Crippen LogP contribution in [-0.4, -0.2) is 22.2 Å². The Balaban J connectivity index is 1.55. The zero-order valence-electron chi connectivity index (χ0n) is 16.2. The van der Waals surface area contributed by atoms with Gasteiger partial charge in [0, 0.05) is 35.6 Å². The number of non-ortho nitro benzene ring substituents is 2. The predicted molar refractivity (Wildman–Crippen MR) is 113 cm³/mol. The summed E-state index contributed by atoms with van der Waals surface area (Å²) in [6.45, 7) is 0.176. The van der Waals surface area contributed by atoms with Crippen LogP contribution in [-0.2, 0) is 6.42 Å². The first-order chi connectivity index (χ1) is 14.9. The first-order valence-corrected chi connectivity index (χ1v) is 9.47. The molecule has 0 amide bonds. The number of carbonyl (C=O) groups is 1. The number of para-hydroxylation sites is 1. The molecule has 0 spiro atoms. The van der Waals surface area contributed by atoms with Gasteiger partial charge < -0.3 is 10.1 Å². The van der Waals surface area contributed by atoms with E-state index in [0.717, 1.165) is 11.3 Å². The molecular formula is C22H17N3O6. The van der Waals surface area contributed by atoms with Crippen LogP contribution in [0.5, 0.6) is 5.75 Å². The molecule has 0 fully saturated rings. The third kappa shape index (κ3) is 4.20. The Labute approximate surface area is 176 Å². The molecular weight excluding hydrogens is 402 g/mol. The largest absolute Gasteiger partial charge is 0.492 e. The Kier molecular flexibility index (Phi) is 5.31. The van der Waals surface area contributed by atoms with Gasteiger partial charge in [0.05, 0.1) is 27.9 Å². The van der Waals surface area contributed by atoms with Crippen molar-refractivity contribution >= 4 is 28.5 Å². The quantitative estimate of drug-likeness (QED) is 0.454. The second-order valence-electron chi connectivity index (χ2n) is 7.10.